The topological polar surface area (TPSA) is 58.4 Å². The third-order valence-corrected chi connectivity index (χ3v) is 4.96. The van der Waals surface area contributed by atoms with Crippen LogP contribution >= 0.6 is 15.9 Å². The number of benzene rings is 1. The van der Waals surface area contributed by atoms with E-state index in [4.69, 9.17) is 0 Å². The highest BCUT2D eigenvalue weighted by Gasteiger charge is 2.30. The molecule has 1 aromatic carbocycles. The second-order valence-corrected chi connectivity index (χ2v) is 6.57. The zero-order valence-corrected chi connectivity index (χ0v) is 13.0. The number of rotatable bonds is 2. The molecule has 2 unspecified atom stereocenters. The van der Waals surface area contributed by atoms with Crippen LogP contribution in [0.15, 0.2) is 16.6 Å². The highest BCUT2D eigenvalue weighted by atomic mass is 79.9. The molecule has 0 saturated carbocycles. The largest absolute Gasteiger partial charge is 0.369 e. The molecule has 2 fully saturated rings. The van der Waals surface area contributed by atoms with Gasteiger partial charge in [-0.15, -0.1) is 0 Å². The molecule has 0 aromatic heterocycles. The van der Waals surface area contributed by atoms with Gasteiger partial charge in [0, 0.05) is 41.3 Å². The lowest BCUT2D eigenvalue weighted by molar-refractivity contribution is -0.385. The Morgan fingerprint density at radius 2 is 2.10 bits per heavy atom. The molecule has 108 valence electrons. The van der Waals surface area contributed by atoms with Gasteiger partial charge in [-0.1, -0.05) is 0 Å². The SMILES string of the molecule is Cc1cc(N2CCC3CCC(C2)N3)c(Br)cc1[N+](=O)[O-]. The number of halogens is 1. The standard InChI is InChI=1S/C14H18BrN3O2/c1-9-6-14(12(15)7-13(9)18(19)20)17-5-4-10-2-3-11(8-17)16-10/h6-7,10-11,16H,2-5,8H2,1H3. The molecule has 2 bridgehead atoms. The Kier molecular flexibility index (Phi) is 3.69. The fourth-order valence-electron chi connectivity index (χ4n) is 3.26. The number of hydrogen-bond donors (Lipinski definition) is 1. The minimum Gasteiger partial charge on any atom is -0.369 e. The average molecular weight is 340 g/mol. The second-order valence-electron chi connectivity index (χ2n) is 5.72. The molecule has 0 amide bonds. The van der Waals surface area contributed by atoms with E-state index in [2.05, 4.69) is 26.1 Å². The summed E-state index contributed by atoms with van der Waals surface area (Å²) in [6.07, 6.45) is 3.64. The van der Waals surface area contributed by atoms with Gasteiger partial charge in [-0.2, -0.15) is 0 Å². The number of nitrogens with one attached hydrogen (secondary N) is 1. The van der Waals surface area contributed by atoms with Crippen molar-refractivity contribution in [3.8, 4) is 0 Å². The van der Waals surface area contributed by atoms with Gasteiger partial charge < -0.3 is 10.2 Å². The Morgan fingerprint density at radius 1 is 1.35 bits per heavy atom. The van der Waals surface area contributed by atoms with Crippen LogP contribution < -0.4 is 10.2 Å². The normalized spacial score (nSPS) is 25.6. The third-order valence-electron chi connectivity index (χ3n) is 4.33. The number of nitro benzene ring substituents is 1. The zero-order valence-electron chi connectivity index (χ0n) is 11.4. The minimum atomic E-state index is -0.324. The summed E-state index contributed by atoms with van der Waals surface area (Å²) in [7, 11) is 0. The van der Waals surface area contributed by atoms with Gasteiger partial charge in [0.05, 0.1) is 10.6 Å². The number of fused-ring (bicyclic) bond motifs is 2. The van der Waals surface area contributed by atoms with Crippen molar-refractivity contribution < 1.29 is 4.92 Å². The van der Waals surface area contributed by atoms with Gasteiger partial charge in [-0.05, 0) is 48.2 Å². The van der Waals surface area contributed by atoms with E-state index in [0.29, 0.717) is 12.1 Å². The highest BCUT2D eigenvalue weighted by Crippen LogP contribution is 2.35. The van der Waals surface area contributed by atoms with Crippen molar-refractivity contribution in [1.29, 1.82) is 0 Å². The van der Waals surface area contributed by atoms with E-state index >= 15 is 0 Å². The smallest absolute Gasteiger partial charge is 0.273 e. The van der Waals surface area contributed by atoms with Gasteiger partial charge in [-0.3, -0.25) is 10.1 Å². The molecule has 1 aromatic rings. The quantitative estimate of drug-likeness (QED) is 0.664. The molecule has 0 radical (unpaired) electrons. The first-order valence-corrected chi connectivity index (χ1v) is 7.79. The number of nitrogens with zero attached hydrogens (tertiary/aromatic N) is 2. The van der Waals surface area contributed by atoms with Gasteiger partial charge in [0.1, 0.15) is 0 Å². The zero-order chi connectivity index (χ0) is 14.3. The highest BCUT2D eigenvalue weighted by molar-refractivity contribution is 9.10. The van der Waals surface area contributed by atoms with E-state index < -0.39 is 0 Å². The molecule has 2 aliphatic rings. The Morgan fingerprint density at radius 3 is 2.85 bits per heavy atom. The fraction of sp³-hybridized carbons (Fsp3) is 0.571. The molecule has 2 aliphatic heterocycles. The lowest BCUT2D eigenvalue weighted by atomic mass is 10.1. The summed E-state index contributed by atoms with van der Waals surface area (Å²) < 4.78 is 0.813. The van der Waals surface area contributed by atoms with Gasteiger partial charge in [0.2, 0.25) is 0 Å². The van der Waals surface area contributed by atoms with Gasteiger partial charge >= 0.3 is 0 Å². The fourth-order valence-corrected chi connectivity index (χ4v) is 3.84. The maximum atomic E-state index is 11.0. The molecule has 5 nitrogen and oxygen atoms in total. The van der Waals surface area contributed by atoms with Crippen LogP contribution in [-0.2, 0) is 0 Å². The molecule has 2 heterocycles. The molecule has 3 rings (SSSR count). The predicted octanol–water partition coefficient (Wildman–Crippen LogP) is 3.00. The van der Waals surface area contributed by atoms with Gasteiger partial charge in [-0.25, -0.2) is 0 Å². The van der Waals surface area contributed by atoms with Crippen LogP contribution in [0.25, 0.3) is 0 Å². The summed E-state index contributed by atoms with van der Waals surface area (Å²) in [4.78, 5) is 13.0. The summed E-state index contributed by atoms with van der Waals surface area (Å²) in [6, 6.07) is 4.75. The summed E-state index contributed by atoms with van der Waals surface area (Å²) in [5.74, 6) is 0. The second kappa shape index (κ2) is 5.33. The van der Waals surface area contributed by atoms with Crippen molar-refractivity contribution in [1.82, 2.24) is 5.32 Å². The van der Waals surface area contributed by atoms with E-state index in [9.17, 15) is 10.1 Å². The molecule has 2 atom stereocenters. The number of anilines is 1. The Hall–Kier alpha value is -1.14. The van der Waals surface area contributed by atoms with E-state index in [0.717, 1.165) is 35.2 Å². The summed E-state index contributed by atoms with van der Waals surface area (Å²) in [5, 5.41) is 14.6. The summed E-state index contributed by atoms with van der Waals surface area (Å²) in [6.45, 7) is 3.78. The Balaban J connectivity index is 1.90. The molecule has 1 N–H and O–H groups in total. The summed E-state index contributed by atoms with van der Waals surface area (Å²) >= 11 is 3.50. The van der Waals surface area contributed by atoms with Gasteiger partial charge in [0.15, 0.2) is 0 Å². The van der Waals surface area contributed by atoms with Crippen molar-refractivity contribution in [2.45, 2.75) is 38.3 Å². The first kappa shape index (κ1) is 13.8. The van der Waals surface area contributed by atoms with Crippen LogP contribution in [0, 0.1) is 17.0 Å². The van der Waals surface area contributed by atoms with E-state index in [1.165, 1.54) is 12.8 Å². The predicted molar refractivity (Wildman–Crippen MR) is 82.3 cm³/mol. The van der Waals surface area contributed by atoms with Crippen LogP contribution in [0.4, 0.5) is 11.4 Å². The maximum absolute atomic E-state index is 11.0. The molecular weight excluding hydrogens is 322 g/mol. The Labute approximate surface area is 126 Å². The first-order chi connectivity index (χ1) is 9.54. The number of hydrogen-bond acceptors (Lipinski definition) is 4. The van der Waals surface area contributed by atoms with Crippen molar-refractivity contribution in [3.05, 3.63) is 32.3 Å². The van der Waals surface area contributed by atoms with Crippen LogP contribution in [-0.4, -0.2) is 30.1 Å². The Bertz CT molecular complexity index is 549. The van der Waals surface area contributed by atoms with Crippen LogP contribution in [0.3, 0.4) is 0 Å². The average Bonchev–Trinajstić information content (AvgIpc) is 2.72. The molecule has 2 saturated heterocycles. The monoisotopic (exact) mass is 339 g/mol. The molecule has 0 spiro atoms. The van der Waals surface area contributed by atoms with E-state index in [1.54, 1.807) is 13.0 Å². The molecular formula is C14H18BrN3O2. The molecule has 20 heavy (non-hydrogen) atoms. The van der Waals surface area contributed by atoms with Crippen molar-refractivity contribution in [2.75, 3.05) is 18.0 Å². The van der Waals surface area contributed by atoms with Crippen molar-refractivity contribution in [3.63, 3.8) is 0 Å². The van der Waals surface area contributed by atoms with Crippen LogP contribution in [0.5, 0.6) is 0 Å². The first-order valence-electron chi connectivity index (χ1n) is 7.00. The minimum absolute atomic E-state index is 0.176. The van der Waals surface area contributed by atoms with Crippen molar-refractivity contribution in [2.24, 2.45) is 0 Å². The number of aryl methyl sites for hydroxylation is 1. The van der Waals surface area contributed by atoms with Gasteiger partial charge in [0.25, 0.3) is 5.69 Å². The maximum Gasteiger partial charge on any atom is 0.273 e. The molecule has 6 heteroatoms. The van der Waals surface area contributed by atoms with E-state index in [1.807, 2.05) is 6.07 Å². The lowest BCUT2D eigenvalue weighted by Gasteiger charge is -2.27. The third kappa shape index (κ3) is 2.54. The van der Waals surface area contributed by atoms with Crippen LogP contribution in [0.1, 0.15) is 24.8 Å². The number of nitro groups is 1. The van der Waals surface area contributed by atoms with E-state index in [-0.39, 0.29) is 10.6 Å². The molecule has 0 aliphatic carbocycles. The van der Waals surface area contributed by atoms with Crippen molar-refractivity contribution >= 4 is 27.3 Å². The van der Waals surface area contributed by atoms with Crippen LogP contribution in [0.2, 0.25) is 0 Å². The lowest BCUT2D eigenvalue weighted by Crippen LogP contribution is -2.35. The summed E-state index contributed by atoms with van der Waals surface area (Å²) in [5.41, 5.74) is 1.97.